The van der Waals surface area contributed by atoms with E-state index in [2.05, 4.69) is 16.9 Å². The Bertz CT molecular complexity index is 424. The van der Waals surface area contributed by atoms with E-state index in [0.29, 0.717) is 5.25 Å². The van der Waals surface area contributed by atoms with Crippen molar-refractivity contribution >= 4 is 29.7 Å². The van der Waals surface area contributed by atoms with Crippen molar-refractivity contribution in [2.75, 3.05) is 19.3 Å². The van der Waals surface area contributed by atoms with Crippen LogP contribution in [0.5, 0.6) is 0 Å². The standard InChI is InChI=1S/C13H21N3O4S/c1-21-9-4-2-8(3-5-9)15-13(20)16-7-11(17)14-6-10(16)12(18)19/h8-10H,2-7H2,1H3,(H,14,17)(H,15,20)(H,18,19). The maximum Gasteiger partial charge on any atom is 0.328 e. The number of piperazine rings is 1. The van der Waals surface area contributed by atoms with Gasteiger partial charge in [-0.3, -0.25) is 9.69 Å². The molecule has 21 heavy (non-hydrogen) atoms. The molecule has 3 N–H and O–H groups in total. The fourth-order valence-electron chi connectivity index (χ4n) is 2.78. The molecule has 0 aromatic rings. The van der Waals surface area contributed by atoms with Crippen molar-refractivity contribution < 1.29 is 19.5 Å². The Morgan fingerprint density at radius 3 is 2.57 bits per heavy atom. The minimum Gasteiger partial charge on any atom is -0.480 e. The summed E-state index contributed by atoms with van der Waals surface area (Å²) in [7, 11) is 0. The first-order valence-electron chi connectivity index (χ1n) is 7.10. The molecule has 1 saturated carbocycles. The first-order chi connectivity index (χ1) is 10.0. The molecule has 1 saturated heterocycles. The van der Waals surface area contributed by atoms with Gasteiger partial charge in [0.15, 0.2) is 0 Å². The minimum absolute atomic E-state index is 0.0409. The maximum absolute atomic E-state index is 12.2. The van der Waals surface area contributed by atoms with Gasteiger partial charge in [-0.05, 0) is 31.9 Å². The summed E-state index contributed by atoms with van der Waals surface area (Å²) in [6.45, 7) is -0.246. The topological polar surface area (TPSA) is 98.7 Å². The zero-order chi connectivity index (χ0) is 15.4. The SMILES string of the molecule is CSC1CCC(NC(=O)N2CC(=O)NCC2C(=O)O)CC1. The van der Waals surface area contributed by atoms with Gasteiger partial charge in [-0.15, -0.1) is 0 Å². The second-order valence-electron chi connectivity index (χ2n) is 5.44. The Hall–Kier alpha value is -1.44. The summed E-state index contributed by atoms with van der Waals surface area (Å²) in [5.74, 6) is -1.43. The van der Waals surface area contributed by atoms with Gasteiger partial charge in [0.2, 0.25) is 5.91 Å². The van der Waals surface area contributed by atoms with Crippen molar-refractivity contribution in [2.45, 2.75) is 43.0 Å². The van der Waals surface area contributed by atoms with E-state index in [1.807, 2.05) is 11.8 Å². The number of carbonyl (C=O) groups is 3. The highest BCUT2D eigenvalue weighted by atomic mass is 32.2. The molecule has 3 amide bonds. The lowest BCUT2D eigenvalue weighted by molar-refractivity contribution is -0.144. The molecular formula is C13H21N3O4S. The van der Waals surface area contributed by atoms with Crippen LogP contribution in [0.15, 0.2) is 0 Å². The third kappa shape index (κ3) is 4.03. The van der Waals surface area contributed by atoms with Crippen LogP contribution in [0, 0.1) is 0 Å². The lowest BCUT2D eigenvalue weighted by atomic mass is 9.95. The summed E-state index contributed by atoms with van der Waals surface area (Å²) in [6.07, 6.45) is 5.99. The zero-order valence-electron chi connectivity index (χ0n) is 12.0. The summed E-state index contributed by atoms with van der Waals surface area (Å²) >= 11 is 1.85. The molecule has 8 heteroatoms. The largest absolute Gasteiger partial charge is 0.480 e. The number of hydrogen-bond acceptors (Lipinski definition) is 4. The molecule has 2 rings (SSSR count). The molecule has 1 atom stereocenters. The number of carboxylic acid groups (broad SMARTS) is 1. The van der Waals surface area contributed by atoms with E-state index in [-0.39, 0.29) is 25.0 Å². The summed E-state index contributed by atoms with van der Waals surface area (Å²) in [6, 6.07) is -1.38. The molecule has 0 aromatic carbocycles. The summed E-state index contributed by atoms with van der Waals surface area (Å²) in [5.41, 5.74) is 0. The summed E-state index contributed by atoms with van der Waals surface area (Å²) < 4.78 is 0. The van der Waals surface area contributed by atoms with E-state index in [1.165, 1.54) is 0 Å². The van der Waals surface area contributed by atoms with Crippen molar-refractivity contribution in [2.24, 2.45) is 0 Å². The highest BCUT2D eigenvalue weighted by Gasteiger charge is 2.36. The predicted octanol–water partition coefficient (Wildman–Crippen LogP) is 0.255. The van der Waals surface area contributed by atoms with Gasteiger partial charge >= 0.3 is 12.0 Å². The third-order valence-corrected chi connectivity index (χ3v) is 5.20. The van der Waals surface area contributed by atoms with Crippen LogP contribution in [-0.2, 0) is 9.59 Å². The smallest absolute Gasteiger partial charge is 0.328 e. The molecule has 7 nitrogen and oxygen atoms in total. The van der Waals surface area contributed by atoms with Gasteiger partial charge in [0.1, 0.15) is 12.6 Å². The first kappa shape index (κ1) is 15.9. The van der Waals surface area contributed by atoms with E-state index in [4.69, 9.17) is 5.11 Å². The molecule has 0 aromatic heterocycles. The zero-order valence-corrected chi connectivity index (χ0v) is 12.8. The van der Waals surface area contributed by atoms with Gasteiger partial charge < -0.3 is 15.7 Å². The molecule has 118 valence electrons. The first-order valence-corrected chi connectivity index (χ1v) is 8.39. The molecular weight excluding hydrogens is 294 g/mol. The van der Waals surface area contributed by atoms with Crippen molar-refractivity contribution in [3.8, 4) is 0 Å². The van der Waals surface area contributed by atoms with Crippen LogP contribution in [-0.4, -0.2) is 64.6 Å². The second-order valence-corrected chi connectivity index (χ2v) is 6.58. The van der Waals surface area contributed by atoms with E-state index in [9.17, 15) is 14.4 Å². The van der Waals surface area contributed by atoms with Crippen LogP contribution in [0.2, 0.25) is 0 Å². The fraction of sp³-hybridized carbons (Fsp3) is 0.769. The average Bonchev–Trinajstić information content (AvgIpc) is 2.47. The van der Waals surface area contributed by atoms with Crippen molar-refractivity contribution in [3.05, 3.63) is 0 Å². The van der Waals surface area contributed by atoms with Gasteiger partial charge in [0.05, 0.1) is 0 Å². The lowest BCUT2D eigenvalue weighted by Gasteiger charge is -2.35. The molecule has 1 heterocycles. The number of urea groups is 1. The molecule has 0 bridgehead atoms. The van der Waals surface area contributed by atoms with Crippen LogP contribution < -0.4 is 10.6 Å². The van der Waals surface area contributed by atoms with E-state index < -0.39 is 18.0 Å². The van der Waals surface area contributed by atoms with Crippen molar-refractivity contribution in [1.29, 1.82) is 0 Å². The number of thioether (sulfide) groups is 1. The number of nitrogens with one attached hydrogen (secondary N) is 2. The molecule has 1 aliphatic carbocycles. The second kappa shape index (κ2) is 7.02. The Kier molecular flexibility index (Phi) is 5.33. The van der Waals surface area contributed by atoms with Crippen LogP contribution in [0.1, 0.15) is 25.7 Å². The van der Waals surface area contributed by atoms with Crippen LogP contribution in [0.4, 0.5) is 4.79 Å². The predicted molar refractivity (Wildman–Crippen MR) is 79.2 cm³/mol. The number of carboxylic acids is 1. The van der Waals surface area contributed by atoms with Crippen molar-refractivity contribution in [1.82, 2.24) is 15.5 Å². The Labute approximate surface area is 127 Å². The fourth-order valence-corrected chi connectivity index (χ4v) is 3.52. The van der Waals surface area contributed by atoms with Gasteiger partial charge in [-0.1, -0.05) is 0 Å². The highest BCUT2D eigenvalue weighted by Crippen LogP contribution is 2.27. The number of carbonyl (C=O) groups excluding carboxylic acids is 2. The molecule has 2 aliphatic rings. The Balaban J connectivity index is 1.91. The minimum atomic E-state index is -1.10. The summed E-state index contributed by atoms with van der Waals surface area (Å²) in [5, 5.41) is 15.1. The number of amides is 3. The lowest BCUT2D eigenvalue weighted by Crippen LogP contribution is -2.62. The number of nitrogens with zero attached hydrogens (tertiary/aromatic N) is 1. The Morgan fingerprint density at radius 1 is 1.33 bits per heavy atom. The molecule has 1 aliphatic heterocycles. The molecule has 0 radical (unpaired) electrons. The van der Waals surface area contributed by atoms with Gasteiger partial charge in [-0.2, -0.15) is 11.8 Å². The van der Waals surface area contributed by atoms with Gasteiger partial charge in [-0.25, -0.2) is 9.59 Å². The van der Waals surface area contributed by atoms with Gasteiger partial charge in [0.25, 0.3) is 0 Å². The Morgan fingerprint density at radius 2 is 2.00 bits per heavy atom. The van der Waals surface area contributed by atoms with E-state index in [1.54, 1.807) is 0 Å². The van der Waals surface area contributed by atoms with E-state index in [0.717, 1.165) is 30.6 Å². The number of hydrogen-bond donors (Lipinski definition) is 3. The summed E-state index contributed by atoms with van der Waals surface area (Å²) in [4.78, 5) is 35.9. The third-order valence-electron chi connectivity index (χ3n) is 4.06. The number of rotatable bonds is 3. The van der Waals surface area contributed by atoms with Crippen LogP contribution in [0.3, 0.4) is 0 Å². The van der Waals surface area contributed by atoms with Crippen molar-refractivity contribution in [3.63, 3.8) is 0 Å². The average molecular weight is 315 g/mol. The molecule has 2 fully saturated rings. The maximum atomic E-state index is 12.2. The van der Waals surface area contributed by atoms with Gasteiger partial charge in [0, 0.05) is 17.8 Å². The van der Waals surface area contributed by atoms with Crippen LogP contribution >= 0.6 is 11.8 Å². The monoisotopic (exact) mass is 315 g/mol. The molecule has 1 unspecified atom stereocenters. The number of aliphatic carboxylic acids is 1. The van der Waals surface area contributed by atoms with E-state index >= 15 is 0 Å². The quantitative estimate of drug-likeness (QED) is 0.694. The normalized spacial score (nSPS) is 29.7. The highest BCUT2D eigenvalue weighted by molar-refractivity contribution is 7.99. The molecule has 0 spiro atoms. The van der Waals surface area contributed by atoms with Crippen LogP contribution in [0.25, 0.3) is 0 Å².